The van der Waals surface area contributed by atoms with E-state index in [1.165, 1.54) is 5.56 Å². The fourth-order valence-electron chi connectivity index (χ4n) is 1.91. The summed E-state index contributed by atoms with van der Waals surface area (Å²) < 4.78 is 0. The minimum absolute atomic E-state index is 0. The summed E-state index contributed by atoms with van der Waals surface area (Å²) >= 11 is 5.97. The predicted molar refractivity (Wildman–Crippen MR) is 110 cm³/mol. The van der Waals surface area contributed by atoms with Crippen LogP contribution in [-0.4, -0.2) is 25.0 Å². The number of benzene rings is 2. The fraction of sp³-hybridized carbons (Fsp3) is 0.176. The van der Waals surface area contributed by atoms with Gasteiger partial charge < -0.3 is 16.4 Å². The van der Waals surface area contributed by atoms with E-state index in [0.717, 1.165) is 5.69 Å². The maximum atomic E-state index is 11.9. The van der Waals surface area contributed by atoms with E-state index < -0.39 is 0 Å². The number of nitrogens with zero attached hydrogens (tertiary/aromatic N) is 1. The summed E-state index contributed by atoms with van der Waals surface area (Å²) in [5, 5.41) is 6.17. The Balaban J connectivity index is 0.00000288. The Morgan fingerprint density at radius 1 is 1.17 bits per heavy atom. The smallest absolute Gasteiger partial charge is 0.252 e. The van der Waals surface area contributed by atoms with Crippen molar-refractivity contribution in [2.75, 3.05) is 18.4 Å². The van der Waals surface area contributed by atoms with Crippen molar-refractivity contribution in [2.45, 2.75) is 6.92 Å². The molecule has 0 saturated carbocycles. The molecule has 0 unspecified atom stereocenters. The largest absolute Gasteiger partial charge is 0.370 e. The molecule has 7 heteroatoms. The van der Waals surface area contributed by atoms with Gasteiger partial charge in [-0.1, -0.05) is 41.4 Å². The Morgan fingerprint density at radius 3 is 2.50 bits per heavy atom. The Kier molecular flexibility index (Phi) is 8.56. The van der Waals surface area contributed by atoms with Crippen molar-refractivity contribution in [3.63, 3.8) is 0 Å². The van der Waals surface area contributed by atoms with Gasteiger partial charge >= 0.3 is 0 Å². The van der Waals surface area contributed by atoms with Crippen LogP contribution in [0.15, 0.2) is 53.5 Å². The molecule has 1 amide bonds. The number of nitrogens with two attached hydrogens (primary N) is 1. The second-order valence-corrected chi connectivity index (χ2v) is 5.40. The number of nitrogens with one attached hydrogen (secondary N) is 2. The van der Waals surface area contributed by atoms with Crippen LogP contribution in [0.4, 0.5) is 5.69 Å². The molecular formula is C17H20ClIN4O. The third-order valence-corrected chi connectivity index (χ3v) is 3.45. The molecule has 4 N–H and O–H groups in total. The highest BCUT2D eigenvalue weighted by molar-refractivity contribution is 14.0. The van der Waals surface area contributed by atoms with Crippen LogP contribution in [-0.2, 0) is 0 Å². The van der Waals surface area contributed by atoms with E-state index in [1.54, 1.807) is 24.3 Å². The number of hydrogen-bond donors (Lipinski definition) is 3. The Morgan fingerprint density at radius 2 is 1.83 bits per heavy atom. The average Bonchev–Trinajstić information content (AvgIpc) is 2.54. The van der Waals surface area contributed by atoms with Gasteiger partial charge in [0.15, 0.2) is 5.96 Å². The molecule has 2 aromatic carbocycles. The highest BCUT2D eigenvalue weighted by atomic mass is 127. The van der Waals surface area contributed by atoms with Gasteiger partial charge in [0.25, 0.3) is 5.91 Å². The molecule has 0 aliphatic carbocycles. The molecule has 0 heterocycles. The lowest BCUT2D eigenvalue weighted by Crippen LogP contribution is -2.28. The number of aryl methyl sites for hydroxylation is 1. The van der Waals surface area contributed by atoms with Crippen LogP contribution in [0.5, 0.6) is 0 Å². The first-order chi connectivity index (χ1) is 11.1. The van der Waals surface area contributed by atoms with E-state index in [-0.39, 0.29) is 29.9 Å². The third-order valence-electron chi connectivity index (χ3n) is 3.12. The van der Waals surface area contributed by atoms with Crippen molar-refractivity contribution < 1.29 is 4.79 Å². The van der Waals surface area contributed by atoms with Crippen LogP contribution in [0.2, 0.25) is 5.02 Å². The second-order valence-electron chi connectivity index (χ2n) is 4.99. The number of carbonyl (C=O) groups is 1. The fourth-order valence-corrected chi connectivity index (χ4v) is 2.13. The number of anilines is 1. The zero-order chi connectivity index (χ0) is 16.7. The molecule has 5 nitrogen and oxygen atoms in total. The van der Waals surface area contributed by atoms with Crippen molar-refractivity contribution in [2.24, 2.45) is 10.7 Å². The van der Waals surface area contributed by atoms with Gasteiger partial charge in [0.05, 0.1) is 17.1 Å². The van der Waals surface area contributed by atoms with Gasteiger partial charge in [-0.2, -0.15) is 0 Å². The molecule has 0 spiro atoms. The van der Waals surface area contributed by atoms with Crippen LogP contribution in [0, 0.1) is 6.92 Å². The lowest BCUT2D eigenvalue weighted by atomic mass is 10.2. The average molecular weight is 459 g/mol. The summed E-state index contributed by atoms with van der Waals surface area (Å²) in [4.78, 5) is 16.1. The number of guanidine groups is 1. The Bertz CT molecular complexity index is 704. The molecule has 0 aliphatic rings. The highest BCUT2D eigenvalue weighted by Crippen LogP contribution is 2.14. The maximum absolute atomic E-state index is 11.9. The molecular weight excluding hydrogens is 439 g/mol. The summed E-state index contributed by atoms with van der Waals surface area (Å²) in [6.07, 6.45) is 0. The molecule has 0 bridgehead atoms. The summed E-state index contributed by atoms with van der Waals surface area (Å²) in [5.41, 5.74) is 8.30. The van der Waals surface area contributed by atoms with E-state index in [1.807, 2.05) is 31.2 Å². The van der Waals surface area contributed by atoms with Gasteiger partial charge in [-0.25, -0.2) is 0 Å². The highest BCUT2D eigenvalue weighted by Gasteiger charge is 2.07. The maximum Gasteiger partial charge on any atom is 0.252 e. The van der Waals surface area contributed by atoms with Crippen LogP contribution < -0.4 is 16.4 Å². The lowest BCUT2D eigenvalue weighted by molar-refractivity contribution is 0.0955. The van der Waals surface area contributed by atoms with Gasteiger partial charge in [-0.05, 0) is 31.2 Å². The summed E-state index contributed by atoms with van der Waals surface area (Å²) in [7, 11) is 0. The van der Waals surface area contributed by atoms with Crippen molar-refractivity contribution in [1.82, 2.24) is 5.32 Å². The van der Waals surface area contributed by atoms with Crippen LogP contribution in [0.25, 0.3) is 0 Å². The van der Waals surface area contributed by atoms with E-state index in [4.69, 9.17) is 17.3 Å². The van der Waals surface area contributed by atoms with Gasteiger partial charge in [0.1, 0.15) is 0 Å². The summed E-state index contributed by atoms with van der Waals surface area (Å²) in [6.45, 7) is 2.77. The molecule has 2 rings (SSSR count). The van der Waals surface area contributed by atoms with Crippen LogP contribution in [0.3, 0.4) is 0 Å². The Labute approximate surface area is 163 Å². The predicted octanol–water partition coefficient (Wildman–Crippen LogP) is 3.42. The van der Waals surface area contributed by atoms with Crippen molar-refractivity contribution in [3.8, 4) is 0 Å². The van der Waals surface area contributed by atoms with E-state index in [0.29, 0.717) is 29.6 Å². The first-order valence-corrected chi connectivity index (χ1v) is 7.60. The summed E-state index contributed by atoms with van der Waals surface area (Å²) in [6, 6.07) is 14.7. The minimum atomic E-state index is -0.226. The summed E-state index contributed by atoms with van der Waals surface area (Å²) in [5.74, 6) is 0.0803. The number of aliphatic imine (C=N–C) groups is 1. The van der Waals surface area contributed by atoms with E-state index in [9.17, 15) is 4.79 Å². The monoisotopic (exact) mass is 458 g/mol. The molecule has 0 aliphatic heterocycles. The first kappa shape index (κ1) is 20.2. The quantitative estimate of drug-likeness (QED) is 0.278. The molecule has 128 valence electrons. The van der Waals surface area contributed by atoms with Crippen molar-refractivity contribution in [1.29, 1.82) is 0 Å². The topological polar surface area (TPSA) is 79.5 Å². The van der Waals surface area contributed by atoms with Gasteiger partial charge in [-0.3, -0.25) is 9.79 Å². The number of amides is 1. The van der Waals surface area contributed by atoms with Crippen molar-refractivity contribution >= 4 is 53.1 Å². The van der Waals surface area contributed by atoms with Gasteiger partial charge in [0, 0.05) is 12.2 Å². The molecule has 0 radical (unpaired) electrons. The second kappa shape index (κ2) is 10.1. The molecule has 0 saturated heterocycles. The number of halogens is 2. The Hall–Kier alpha value is -1.80. The standard InChI is InChI=1S/C17H19ClN4O.HI/c1-12-6-8-13(9-7-12)22-17(19)21-11-10-20-16(23)14-4-2-3-5-15(14)18;/h2-9H,10-11H2,1H3,(H,20,23)(H3,19,21,22);1H. The third kappa shape index (κ3) is 6.37. The number of hydrogen-bond acceptors (Lipinski definition) is 2. The number of rotatable bonds is 5. The zero-order valence-electron chi connectivity index (χ0n) is 13.3. The molecule has 0 fully saturated rings. The number of carbonyl (C=O) groups excluding carboxylic acids is 1. The normalized spacial score (nSPS) is 10.7. The first-order valence-electron chi connectivity index (χ1n) is 7.22. The van der Waals surface area contributed by atoms with Crippen LogP contribution in [0.1, 0.15) is 15.9 Å². The van der Waals surface area contributed by atoms with E-state index in [2.05, 4.69) is 15.6 Å². The van der Waals surface area contributed by atoms with Gasteiger partial charge in [0.2, 0.25) is 0 Å². The molecule has 2 aromatic rings. The van der Waals surface area contributed by atoms with Crippen LogP contribution >= 0.6 is 35.6 Å². The molecule has 24 heavy (non-hydrogen) atoms. The lowest BCUT2D eigenvalue weighted by Gasteiger charge is -2.07. The SMILES string of the molecule is Cc1ccc(NC(N)=NCCNC(=O)c2ccccc2Cl)cc1.I. The molecule has 0 aromatic heterocycles. The zero-order valence-corrected chi connectivity index (χ0v) is 16.3. The van der Waals surface area contributed by atoms with E-state index >= 15 is 0 Å². The van der Waals surface area contributed by atoms with Crippen molar-refractivity contribution in [3.05, 3.63) is 64.7 Å². The molecule has 0 atom stereocenters. The van der Waals surface area contributed by atoms with Gasteiger partial charge in [-0.15, -0.1) is 24.0 Å². The minimum Gasteiger partial charge on any atom is -0.370 e.